The fourth-order valence-corrected chi connectivity index (χ4v) is 4.68. The van der Waals surface area contributed by atoms with Crippen LogP contribution in [0.5, 0.6) is 0 Å². The van der Waals surface area contributed by atoms with Gasteiger partial charge in [-0.15, -0.1) is 10.2 Å². The second-order valence-corrected chi connectivity index (χ2v) is 8.30. The van der Waals surface area contributed by atoms with E-state index in [4.69, 9.17) is 4.98 Å². The quantitative estimate of drug-likeness (QED) is 0.766. The summed E-state index contributed by atoms with van der Waals surface area (Å²) in [5.41, 5.74) is 1.21. The number of aryl methyl sites for hydroxylation is 2. The van der Waals surface area contributed by atoms with E-state index in [1.165, 1.54) is 31.4 Å². The molecule has 2 aromatic heterocycles. The largest absolute Gasteiger partial charge is 0.353 e. The van der Waals surface area contributed by atoms with Gasteiger partial charge >= 0.3 is 0 Å². The summed E-state index contributed by atoms with van der Waals surface area (Å²) in [6.45, 7) is 7.38. The van der Waals surface area contributed by atoms with Crippen molar-refractivity contribution in [3.05, 3.63) is 17.6 Å². The first-order valence-corrected chi connectivity index (χ1v) is 10.9. The Balaban J connectivity index is 1.38. The Morgan fingerprint density at radius 2 is 1.89 bits per heavy atom. The van der Waals surface area contributed by atoms with Crippen LogP contribution in [0.25, 0.3) is 5.78 Å². The molecule has 0 atom stereocenters. The first kappa shape index (κ1) is 19.2. The molecule has 3 heterocycles. The van der Waals surface area contributed by atoms with Crippen molar-refractivity contribution in [3.8, 4) is 0 Å². The highest BCUT2D eigenvalue weighted by atomic mass is 16.2. The minimum Gasteiger partial charge on any atom is -0.353 e. The Kier molecular flexibility index (Phi) is 5.78. The lowest BCUT2D eigenvalue weighted by atomic mass is 10.0. The topological polar surface area (TPSA) is 66.6 Å². The molecule has 0 radical (unpaired) electrons. The van der Waals surface area contributed by atoms with Gasteiger partial charge in [0.05, 0.1) is 0 Å². The van der Waals surface area contributed by atoms with Gasteiger partial charge in [0.15, 0.2) is 0 Å². The summed E-state index contributed by atoms with van der Waals surface area (Å²) in [7, 11) is 0. The molecular formula is C21H32N6O. The van der Waals surface area contributed by atoms with Gasteiger partial charge in [-0.3, -0.25) is 9.20 Å². The van der Waals surface area contributed by atoms with Gasteiger partial charge in [-0.25, -0.2) is 0 Å². The van der Waals surface area contributed by atoms with E-state index in [2.05, 4.69) is 32.5 Å². The second-order valence-electron chi connectivity index (χ2n) is 8.30. The molecule has 1 saturated carbocycles. The van der Waals surface area contributed by atoms with Gasteiger partial charge in [0.2, 0.25) is 5.91 Å². The number of anilines is 1. The van der Waals surface area contributed by atoms with E-state index in [1.807, 2.05) is 11.8 Å². The summed E-state index contributed by atoms with van der Waals surface area (Å²) < 4.78 is 2.05. The van der Waals surface area contributed by atoms with Crippen LogP contribution in [0.4, 0.5) is 5.82 Å². The molecular weight excluding hydrogens is 352 g/mol. The zero-order valence-electron chi connectivity index (χ0n) is 17.2. The van der Waals surface area contributed by atoms with E-state index in [-0.39, 0.29) is 0 Å². The Bertz CT molecular complexity index is 818. The first-order chi connectivity index (χ1) is 13.7. The van der Waals surface area contributed by atoms with Crippen LogP contribution in [0.1, 0.15) is 63.4 Å². The van der Waals surface area contributed by atoms with E-state index < -0.39 is 0 Å². The van der Waals surface area contributed by atoms with Crippen molar-refractivity contribution in [2.24, 2.45) is 5.92 Å². The first-order valence-electron chi connectivity index (χ1n) is 10.9. The lowest BCUT2D eigenvalue weighted by Crippen LogP contribution is -2.49. The maximum Gasteiger partial charge on any atom is 0.257 e. The van der Waals surface area contributed by atoms with Crippen LogP contribution in [0.2, 0.25) is 0 Å². The molecule has 2 aromatic rings. The number of carbonyl (C=O) groups is 1. The molecule has 7 nitrogen and oxygen atoms in total. The van der Waals surface area contributed by atoms with Crippen LogP contribution in [-0.4, -0.2) is 56.6 Å². The summed E-state index contributed by atoms with van der Waals surface area (Å²) in [5.74, 6) is 3.63. The number of aromatic nitrogens is 4. The Morgan fingerprint density at radius 1 is 1.14 bits per heavy atom. The average molecular weight is 385 g/mol. The van der Waals surface area contributed by atoms with Crippen molar-refractivity contribution in [3.63, 3.8) is 0 Å². The maximum atomic E-state index is 12.6. The molecule has 2 fully saturated rings. The minimum atomic E-state index is 0.328. The summed E-state index contributed by atoms with van der Waals surface area (Å²) in [6.07, 6.45) is 9.16. The molecule has 7 heteroatoms. The molecule has 0 bridgehead atoms. The highest BCUT2D eigenvalue weighted by molar-refractivity contribution is 5.76. The van der Waals surface area contributed by atoms with Gasteiger partial charge < -0.3 is 9.80 Å². The highest BCUT2D eigenvalue weighted by Gasteiger charge is 2.24. The number of rotatable bonds is 6. The standard InChI is InChI=1S/C21H32N6O/c1-3-6-18-15-19(22-21-24-23-16(2)27(18)21)25-11-13-26(14-12-25)20(28)10-9-17-7-4-5-8-17/h15,17H,3-14H2,1-2H3. The number of carbonyl (C=O) groups excluding carboxylic acids is 1. The second kappa shape index (κ2) is 8.45. The van der Waals surface area contributed by atoms with Crippen molar-refractivity contribution in [2.45, 2.75) is 65.2 Å². The fourth-order valence-electron chi connectivity index (χ4n) is 4.68. The molecule has 2 aliphatic rings. The van der Waals surface area contributed by atoms with E-state index >= 15 is 0 Å². The number of nitrogens with zero attached hydrogens (tertiary/aromatic N) is 6. The highest BCUT2D eigenvalue weighted by Crippen LogP contribution is 2.29. The third-order valence-corrected chi connectivity index (χ3v) is 6.31. The van der Waals surface area contributed by atoms with Gasteiger partial charge in [0, 0.05) is 44.4 Å². The lowest BCUT2D eigenvalue weighted by molar-refractivity contribution is -0.131. The zero-order chi connectivity index (χ0) is 19.5. The number of amides is 1. The Hall–Kier alpha value is -2.18. The normalized spacial score (nSPS) is 18.4. The van der Waals surface area contributed by atoms with Crippen molar-refractivity contribution in [1.82, 2.24) is 24.5 Å². The van der Waals surface area contributed by atoms with E-state index in [9.17, 15) is 4.79 Å². The number of fused-ring (bicyclic) bond motifs is 1. The summed E-state index contributed by atoms with van der Waals surface area (Å²) in [4.78, 5) is 21.6. The SMILES string of the molecule is CCCc1cc(N2CCN(C(=O)CCC3CCCC3)CC2)nc2nnc(C)n12. The van der Waals surface area contributed by atoms with Crippen LogP contribution in [-0.2, 0) is 11.2 Å². The molecule has 0 aromatic carbocycles. The Labute approximate surface area is 167 Å². The minimum absolute atomic E-state index is 0.328. The predicted molar refractivity (Wildman–Crippen MR) is 109 cm³/mol. The predicted octanol–water partition coefficient (Wildman–Crippen LogP) is 3.00. The average Bonchev–Trinajstić information content (AvgIpc) is 3.36. The third kappa shape index (κ3) is 3.98. The van der Waals surface area contributed by atoms with Gasteiger partial charge in [-0.05, 0) is 25.7 Å². The molecule has 152 valence electrons. The molecule has 28 heavy (non-hydrogen) atoms. The van der Waals surface area contributed by atoms with Crippen LogP contribution < -0.4 is 4.90 Å². The number of hydrogen-bond acceptors (Lipinski definition) is 5. The van der Waals surface area contributed by atoms with Crippen LogP contribution in [0.15, 0.2) is 6.07 Å². The molecule has 1 saturated heterocycles. The monoisotopic (exact) mass is 384 g/mol. The third-order valence-electron chi connectivity index (χ3n) is 6.31. The fraction of sp³-hybridized carbons (Fsp3) is 0.714. The van der Waals surface area contributed by atoms with Gasteiger partial charge in [0.25, 0.3) is 5.78 Å². The van der Waals surface area contributed by atoms with E-state index in [0.29, 0.717) is 18.1 Å². The van der Waals surface area contributed by atoms with Crippen molar-refractivity contribution in [1.29, 1.82) is 0 Å². The van der Waals surface area contributed by atoms with Gasteiger partial charge in [-0.2, -0.15) is 4.98 Å². The van der Waals surface area contributed by atoms with Gasteiger partial charge in [0.1, 0.15) is 11.6 Å². The zero-order valence-corrected chi connectivity index (χ0v) is 17.2. The van der Waals surface area contributed by atoms with Gasteiger partial charge in [-0.1, -0.05) is 39.0 Å². The van der Waals surface area contributed by atoms with E-state index in [0.717, 1.165) is 63.0 Å². The van der Waals surface area contributed by atoms with Crippen molar-refractivity contribution < 1.29 is 4.79 Å². The van der Waals surface area contributed by atoms with E-state index in [1.54, 1.807) is 0 Å². The van der Waals surface area contributed by atoms with Crippen LogP contribution in [0, 0.1) is 12.8 Å². The molecule has 4 rings (SSSR count). The lowest BCUT2D eigenvalue weighted by Gasteiger charge is -2.35. The molecule has 1 aliphatic heterocycles. The van der Waals surface area contributed by atoms with Crippen LogP contribution >= 0.6 is 0 Å². The summed E-state index contributed by atoms with van der Waals surface area (Å²) >= 11 is 0. The van der Waals surface area contributed by atoms with Crippen molar-refractivity contribution in [2.75, 3.05) is 31.1 Å². The summed E-state index contributed by atoms with van der Waals surface area (Å²) in [5, 5.41) is 8.42. The molecule has 1 aliphatic carbocycles. The number of hydrogen-bond donors (Lipinski definition) is 0. The van der Waals surface area contributed by atoms with Crippen LogP contribution in [0.3, 0.4) is 0 Å². The molecule has 0 unspecified atom stereocenters. The molecule has 0 N–H and O–H groups in total. The smallest absolute Gasteiger partial charge is 0.257 e. The number of piperazine rings is 1. The Morgan fingerprint density at radius 3 is 2.61 bits per heavy atom. The molecule has 1 amide bonds. The molecule has 0 spiro atoms. The summed E-state index contributed by atoms with van der Waals surface area (Å²) in [6, 6.07) is 2.17. The maximum absolute atomic E-state index is 12.6. The van der Waals surface area contributed by atoms with Crippen molar-refractivity contribution >= 4 is 17.5 Å².